The van der Waals surface area contributed by atoms with Crippen LogP contribution in [0.25, 0.3) is 0 Å². The first-order chi connectivity index (χ1) is 8.92. The summed E-state index contributed by atoms with van der Waals surface area (Å²) in [6.45, 7) is 7.48. The van der Waals surface area contributed by atoms with Crippen LogP contribution in [-0.2, 0) is 0 Å². The maximum Gasteiger partial charge on any atom is 0.101 e. The molecule has 1 N–H and O–H groups in total. The Labute approximate surface area is 117 Å². The lowest BCUT2D eigenvalue weighted by Gasteiger charge is -2.25. The first-order valence-corrected chi connectivity index (χ1v) is 6.84. The third-order valence-electron chi connectivity index (χ3n) is 3.00. The summed E-state index contributed by atoms with van der Waals surface area (Å²) in [7, 11) is 4.16. The van der Waals surface area contributed by atoms with Gasteiger partial charge in [0, 0.05) is 12.6 Å². The molecule has 0 spiro atoms. The van der Waals surface area contributed by atoms with E-state index >= 15 is 0 Å². The van der Waals surface area contributed by atoms with Crippen LogP contribution in [0.5, 0.6) is 0 Å². The van der Waals surface area contributed by atoms with Gasteiger partial charge < -0.3 is 10.2 Å². The minimum atomic E-state index is 0.365. The van der Waals surface area contributed by atoms with Gasteiger partial charge in [0.15, 0.2) is 0 Å². The molecule has 3 nitrogen and oxygen atoms in total. The molecule has 0 fully saturated rings. The maximum absolute atomic E-state index is 9.19. The maximum atomic E-state index is 9.19. The summed E-state index contributed by atoms with van der Waals surface area (Å²) in [5.74, 6) is 0.632. The van der Waals surface area contributed by atoms with Crippen molar-refractivity contribution in [2.75, 3.05) is 26.0 Å². The van der Waals surface area contributed by atoms with Crippen LogP contribution in [0.3, 0.4) is 0 Å². The summed E-state index contributed by atoms with van der Waals surface area (Å²) < 4.78 is 0. The number of hydrogen-bond acceptors (Lipinski definition) is 3. The minimum absolute atomic E-state index is 0.365. The van der Waals surface area contributed by atoms with Gasteiger partial charge in [-0.1, -0.05) is 19.9 Å². The predicted octanol–water partition coefficient (Wildman–Crippen LogP) is 3.25. The van der Waals surface area contributed by atoms with Crippen molar-refractivity contribution >= 4 is 5.69 Å². The molecule has 0 bridgehead atoms. The molecule has 0 aliphatic carbocycles. The van der Waals surface area contributed by atoms with E-state index < -0.39 is 0 Å². The fourth-order valence-electron chi connectivity index (χ4n) is 2.28. The Morgan fingerprint density at radius 2 is 2.00 bits per heavy atom. The van der Waals surface area contributed by atoms with Gasteiger partial charge in [-0.15, -0.1) is 0 Å². The molecule has 3 heteroatoms. The normalized spacial score (nSPS) is 12.5. The molecule has 104 valence electrons. The van der Waals surface area contributed by atoms with E-state index in [-0.39, 0.29) is 0 Å². The molecule has 0 radical (unpaired) electrons. The fourth-order valence-corrected chi connectivity index (χ4v) is 2.28. The van der Waals surface area contributed by atoms with Crippen LogP contribution in [-0.4, -0.2) is 31.6 Å². The zero-order valence-electron chi connectivity index (χ0n) is 12.7. The highest BCUT2D eigenvalue weighted by Crippen LogP contribution is 2.20. The van der Waals surface area contributed by atoms with E-state index in [0.717, 1.165) is 24.2 Å². The number of likely N-dealkylation sites (N-methyl/N-ethyl adjacent to an activating group) is 1. The molecule has 0 amide bonds. The van der Waals surface area contributed by atoms with E-state index in [1.807, 2.05) is 12.1 Å². The highest BCUT2D eigenvalue weighted by Gasteiger charge is 2.13. The molecule has 1 rings (SSSR count). The summed E-state index contributed by atoms with van der Waals surface area (Å²) in [6, 6.07) is 8.55. The third-order valence-corrected chi connectivity index (χ3v) is 3.00. The highest BCUT2D eigenvalue weighted by molar-refractivity contribution is 5.59. The average Bonchev–Trinajstić information content (AvgIpc) is 2.27. The van der Waals surface area contributed by atoms with E-state index in [4.69, 9.17) is 0 Å². The lowest BCUT2D eigenvalue weighted by Crippen LogP contribution is -2.33. The second-order valence-electron chi connectivity index (χ2n) is 5.89. The molecule has 0 aliphatic rings. The van der Waals surface area contributed by atoms with Crippen LogP contribution in [0.1, 0.15) is 31.4 Å². The average molecular weight is 259 g/mol. The summed E-state index contributed by atoms with van der Waals surface area (Å²) in [6.07, 6.45) is 1.09. The molecule has 1 unspecified atom stereocenters. The van der Waals surface area contributed by atoms with Gasteiger partial charge in [0.05, 0.1) is 11.3 Å². The van der Waals surface area contributed by atoms with Gasteiger partial charge in [-0.05, 0) is 51.1 Å². The highest BCUT2D eigenvalue weighted by atomic mass is 15.1. The molecule has 0 aliphatic heterocycles. The van der Waals surface area contributed by atoms with Crippen LogP contribution in [0.4, 0.5) is 5.69 Å². The second-order valence-corrected chi connectivity index (χ2v) is 5.89. The van der Waals surface area contributed by atoms with Crippen LogP contribution in [0.2, 0.25) is 0 Å². The number of rotatable bonds is 6. The Hall–Kier alpha value is -1.53. The lowest BCUT2D eigenvalue weighted by molar-refractivity contribution is 0.356. The number of anilines is 1. The van der Waals surface area contributed by atoms with Gasteiger partial charge >= 0.3 is 0 Å². The standard InChI is InChI=1S/C16H25N3/c1-12(2)8-15(11-19(4)5)18-16-9-13(3)6-7-14(16)10-17/h6-7,9,12,15,18H,8,11H2,1-5H3. The fraction of sp³-hybridized carbons (Fsp3) is 0.562. The Balaban J connectivity index is 2.89. The quantitative estimate of drug-likeness (QED) is 0.852. The summed E-state index contributed by atoms with van der Waals surface area (Å²) in [4.78, 5) is 2.18. The zero-order chi connectivity index (χ0) is 14.4. The molecule has 1 aromatic rings. The Bertz CT molecular complexity index is 434. The number of benzene rings is 1. The number of nitrogens with one attached hydrogen (secondary N) is 1. The van der Waals surface area contributed by atoms with Gasteiger partial charge in [-0.25, -0.2) is 0 Å². The number of nitriles is 1. The number of aryl methyl sites for hydroxylation is 1. The van der Waals surface area contributed by atoms with E-state index in [2.05, 4.69) is 57.2 Å². The van der Waals surface area contributed by atoms with Crippen molar-refractivity contribution in [1.29, 1.82) is 5.26 Å². The van der Waals surface area contributed by atoms with Gasteiger partial charge in [0.25, 0.3) is 0 Å². The van der Waals surface area contributed by atoms with Crippen LogP contribution in [0, 0.1) is 24.2 Å². The van der Waals surface area contributed by atoms with E-state index in [0.29, 0.717) is 12.0 Å². The van der Waals surface area contributed by atoms with E-state index in [1.165, 1.54) is 5.56 Å². The summed E-state index contributed by atoms with van der Waals surface area (Å²) in [5.41, 5.74) is 2.85. The lowest BCUT2D eigenvalue weighted by atomic mass is 10.0. The van der Waals surface area contributed by atoms with Crippen molar-refractivity contribution in [2.45, 2.75) is 33.2 Å². The van der Waals surface area contributed by atoms with Crippen LogP contribution >= 0.6 is 0 Å². The van der Waals surface area contributed by atoms with Crippen molar-refractivity contribution in [3.05, 3.63) is 29.3 Å². The van der Waals surface area contributed by atoms with Gasteiger partial charge in [-0.2, -0.15) is 5.26 Å². The number of nitrogens with zero attached hydrogens (tertiary/aromatic N) is 2. The van der Waals surface area contributed by atoms with Crippen molar-refractivity contribution < 1.29 is 0 Å². The first-order valence-electron chi connectivity index (χ1n) is 6.84. The van der Waals surface area contributed by atoms with Gasteiger partial charge in [-0.3, -0.25) is 0 Å². The summed E-state index contributed by atoms with van der Waals surface area (Å²) in [5, 5.41) is 12.7. The largest absolute Gasteiger partial charge is 0.380 e. The smallest absolute Gasteiger partial charge is 0.101 e. The Morgan fingerprint density at radius 1 is 1.32 bits per heavy atom. The van der Waals surface area contributed by atoms with Crippen molar-refractivity contribution in [3.8, 4) is 6.07 Å². The molecule has 0 saturated heterocycles. The van der Waals surface area contributed by atoms with Crippen molar-refractivity contribution in [2.24, 2.45) is 5.92 Å². The van der Waals surface area contributed by atoms with Crippen molar-refractivity contribution in [1.82, 2.24) is 4.90 Å². The molecule has 0 heterocycles. The first kappa shape index (κ1) is 15.5. The van der Waals surface area contributed by atoms with Crippen molar-refractivity contribution in [3.63, 3.8) is 0 Å². The zero-order valence-corrected chi connectivity index (χ0v) is 12.7. The molecular formula is C16H25N3. The number of hydrogen-bond donors (Lipinski definition) is 1. The molecule has 19 heavy (non-hydrogen) atoms. The monoisotopic (exact) mass is 259 g/mol. The Kier molecular flexibility index (Phi) is 5.85. The Morgan fingerprint density at radius 3 is 2.53 bits per heavy atom. The molecule has 1 atom stereocenters. The van der Waals surface area contributed by atoms with E-state index in [1.54, 1.807) is 0 Å². The predicted molar refractivity (Wildman–Crippen MR) is 81.3 cm³/mol. The SMILES string of the molecule is Cc1ccc(C#N)c(NC(CC(C)C)CN(C)C)c1. The third kappa shape index (κ3) is 5.32. The van der Waals surface area contributed by atoms with Gasteiger partial charge in [0.2, 0.25) is 0 Å². The van der Waals surface area contributed by atoms with Crippen LogP contribution < -0.4 is 5.32 Å². The second kappa shape index (κ2) is 7.16. The van der Waals surface area contributed by atoms with E-state index in [9.17, 15) is 5.26 Å². The van der Waals surface area contributed by atoms with Gasteiger partial charge in [0.1, 0.15) is 6.07 Å². The summed E-state index contributed by atoms with van der Waals surface area (Å²) >= 11 is 0. The molecule has 1 aromatic carbocycles. The topological polar surface area (TPSA) is 39.1 Å². The van der Waals surface area contributed by atoms with Crippen LogP contribution in [0.15, 0.2) is 18.2 Å². The molecular weight excluding hydrogens is 234 g/mol. The molecule has 0 saturated carbocycles. The molecule has 0 aromatic heterocycles. The minimum Gasteiger partial charge on any atom is -0.380 e.